The molecule has 0 bridgehead atoms. The van der Waals surface area contributed by atoms with Gasteiger partial charge in [-0.05, 0) is 19.8 Å². The van der Waals surface area contributed by atoms with E-state index in [1.165, 1.54) is 11.8 Å². The molecule has 0 aromatic carbocycles. The van der Waals surface area contributed by atoms with Gasteiger partial charge >= 0.3 is 0 Å². The molecule has 5 nitrogen and oxygen atoms in total. The van der Waals surface area contributed by atoms with Crippen LogP contribution in [0.15, 0.2) is 17.6 Å². The standard InChI is InChI=1S/C15H22N4OS/c1-3-19-10-9-17-14(19)21-11-13(20)18(2)15(12-16)7-5-4-6-8-15/h9-10H,3-8,11H2,1-2H3. The highest BCUT2D eigenvalue weighted by molar-refractivity contribution is 7.99. The average Bonchev–Trinajstić information content (AvgIpc) is 3.00. The molecular weight excluding hydrogens is 284 g/mol. The number of aryl methyl sites for hydroxylation is 1. The summed E-state index contributed by atoms with van der Waals surface area (Å²) in [5.41, 5.74) is -0.601. The third-order valence-corrected chi connectivity index (χ3v) is 5.24. The number of carbonyl (C=O) groups excluding carboxylic acids is 1. The van der Waals surface area contributed by atoms with Crippen molar-refractivity contribution in [3.05, 3.63) is 12.4 Å². The van der Waals surface area contributed by atoms with Crippen LogP contribution in [0.1, 0.15) is 39.0 Å². The molecule has 1 aliphatic rings. The van der Waals surface area contributed by atoms with Gasteiger partial charge in [0.1, 0.15) is 5.54 Å². The zero-order valence-corrected chi connectivity index (χ0v) is 13.5. The Balaban J connectivity index is 1.97. The van der Waals surface area contributed by atoms with Crippen LogP contribution in [0.2, 0.25) is 0 Å². The van der Waals surface area contributed by atoms with Crippen LogP contribution in [0, 0.1) is 11.3 Å². The Bertz CT molecular complexity index is 528. The van der Waals surface area contributed by atoms with Crippen LogP contribution in [0.5, 0.6) is 0 Å². The predicted molar refractivity (Wildman–Crippen MR) is 82.8 cm³/mol. The lowest BCUT2D eigenvalue weighted by Gasteiger charge is -2.39. The third kappa shape index (κ3) is 3.41. The highest BCUT2D eigenvalue weighted by Crippen LogP contribution is 2.33. The summed E-state index contributed by atoms with van der Waals surface area (Å²) < 4.78 is 2.01. The molecule has 114 valence electrons. The van der Waals surface area contributed by atoms with Crippen molar-refractivity contribution in [2.24, 2.45) is 0 Å². The normalized spacial score (nSPS) is 17.2. The predicted octanol–water partition coefficient (Wildman–Crippen LogP) is 2.68. The lowest BCUT2D eigenvalue weighted by molar-refractivity contribution is -0.131. The first kappa shape index (κ1) is 15.9. The summed E-state index contributed by atoms with van der Waals surface area (Å²) in [4.78, 5) is 18.3. The van der Waals surface area contributed by atoms with Crippen molar-refractivity contribution in [3.8, 4) is 6.07 Å². The quantitative estimate of drug-likeness (QED) is 0.785. The Labute approximate surface area is 130 Å². The molecule has 1 aromatic rings. The van der Waals surface area contributed by atoms with Crippen LogP contribution < -0.4 is 0 Å². The molecule has 0 saturated heterocycles. The maximum absolute atomic E-state index is 12.4. The first-order valence-corrected chi connectivity index (χ1v) is 8.43. The maximum Gasteiger partial charge on any atom is 0.234 e. The molecule has 1 heterocycles. The Morgan fingerprint density at radius 1 is 1.52 bits per heavy atom. The van der Waals surface area contributed by atoms with Gasteiger partial charge in [0.15, 0.2) is 5.16 Å². The molecule has 1 aliphatic carbocycles. The third-order valence-electron chi connectivity index (χ3n) is 4.25. The van der Waals surface area contributed by atoms with Crippen LogP contribution in [-0.4, -0.2) is 38.7 Å². The van der Waals surface area contributed by atoms with Crippen molar-refractivity contribution in [2.75, 3.05) is 12.8 Å². The molecule has 1 fully saturated rings. The van der Waals surface area contributed by atoms with Gasteiger partial charge in [-0.1, -0.05) is 31.0 Å². The van der Waals surface area contributed by atoms with Crippen LogP contribution in [0.3, 0.4) is 0 Å². The smallest absolute Gasteiger partial charge is 0.234 e. The minimum atomic E-state index is -0.601. The van der Waals surface area contributed by atoms with Crippen molar-refractivity contribution < 1.29 is 4.79 Å². The topological polar surface area (TPSA) is 61.9 Å². The molecular formula is C15H22N4OS. The lowest BCUT2D eigenvalue weighted by Crippen LogP contribution is -2.50. The van der Waals surface area contributed by atoms with Crippen molar-refractivity contribution in [2.45, 2.75) is 56.3 Å². The molecule has 0 atom stereocenters. The van der Waals surface area contributed by atoms with Gasteiger partial charge in [0, 0.05) is 26.0 Å². The molecule has 6 heteroatoms. The van der Waals surface area contributed by atoms with Gasteiger partial charge in [0.05, 0.1) is 11.8 Å². The number of rotatable bonds is 5. The largest absolute Gasteiger partial charge is 0.326 e. The Morgan fingerprint density at radius 3 is 2.86 bits per heavy atom. The van der Waals surface area contributed by atoms with Crippen molar-refractivity contribution in [1.82, 2.24) is 14.5 Å². The van der Waals surface area contributed by atoms with E-state index in [9.17, 15) is 10.1 Å². The van der Waals surface area contributed by atoms with Crippen molar-refractivity contribution in [1.29, 1.82) is 5.26 Å². The van der Waals surface area contributed by atoms with Crippen molar-refractivity contribution >= 4 is 17.7 Å². The number of thioether (sulfide) groups is 1. The molecule has 2 rings (SSSR count). The molecule has 1 amide bonds. The zero-order chi connectivity index (χ0) is 15.3. The highest BCUT2D eigenvalue weighted by atomic mass is 32.2. The molecule has 1 saturated carbocycles. The first-order chi connectivity index (χ1) is 10.1. The van der Waals surface area contributed by atoms with Gasteiger partial charge in [0.25, 0.3) is 0 Å². The number of imidazole rings is 1. The summed E-state index contributed by atoms with van der Waals surface area (Å²) in [5, 5.41) is 10.4. The van der Waals surface area contributed by atoms with Crippen LogP contribution in [0.4, 0.5) is 0 Å². The summed E-state index contributed by atoms with van der Waals surface area (Å²) in [6, 6.07) is 2.39. The van der Waals surface area contributed by atoms with Crippen molar-refractivity contribution in [3.63, 3.8) is 0 Å². The maximum atomic E-state index is 12.4. The number of hydrogen-bond donors (Lipinski definition) is 0. The number of nitrogens with zero attached hydrogens (tertiary/aromatic N) is 4. The Hall–Kier alpha value is -1.48. The highest BCUT2D eigenvalue weighted by Gasteiger charge is 2.38. The molecule has 0 N–H and O–H groups in total. The second-order valence-corrected chi connectivity index (χ2v) is 6.38. The number of hydrogen-bond acceptors (Lipinski definition) is 4. The molecule has 1 aromatic heterocycles. The fraction of sp³-hybridized carbons (Fsp3) is 0.667. The minimum Gasteiger partial charge on any atom is -0.326 e. The second-order valence-electron chi connectivity index (χ2n) is 5.44. The lowest BCUT2D eigenvalue weighted by atomic mass is 9.81. The van der Waals surface area contributed by atoms with Gasteiger partial charge in [-0.2, -0.15) is 5.26 Å². The van der Waals surface area contributed by atoms with E-state index in [-0.39, 0.29) is 5.91 Å². The average molecular weight is 306 g/mol. The molecule has 21 heavy (non-hydrogen) atoms. The minimum absolute atomic E-state index is 0.00843. The summed E-state index contributed by atoms with van der Waals surface area (Å²) in [6.07, 6.45) is 8.46. The Kier molecular flexibility index (Phi) is 5.29. The fourth-order valence-corrected chi connectivity index (χ4v) is 3.73. The summed E-state index contributed by atoms with van der Waals surface area (Å²) in [7, 11) is 1.77. The van der Waals surface area contributed by atoms with E-state index in [4.69, 9.17) is 0 Å². The zero-order valence-electron chi connectivity index (χ0n) is 12.7. The number of carbonyl (C=O) groups is 1. The van der Waals surface area contributed by atoms with E-state index < -0.39 is 5.54 Å². The van der Waals surface area contributed by atoms with Crippen LogP contribution in [-0.2, 0) is 11.3 Å². The molecule has 0 aliphatic heterocycles. The molecule has 0 unspecified atom stereocenters. The number of nitriles is 1. The first-order valence-electron chi connectivity index (χ1n) is 7.45. The SMILES string of the molecule is CCn1ccnc1SCC(=O)N(C)C1(C#N)CCCCC1. The van der Waals surface area contributed by atoms with E-state index in [0.717, 1.165) is 43.8 Å². The van der Waals surface area contributed by atoms with Gasteiger partial charge in [-0.25, -0.2) is 4.98 Å². The van der Waals surface area contributed by atoms with E-state index in [2.05, 4.69) is 11.1 Å². The molecule has 0 radical (unpaired) electrons. The van der Waals surface area contributed by atoms with E-state index in [1.54, 1.807) is 18.1 Å². The van der Waals surface area contributed by atoms with Gasteiger partial charge in [-0.15, -0.1) is 0 Å². The number of amides is 1. The second kappa shape index (κ2) is 6.99. The Morgan fingerprint density at radius 2 is 2.24 bits per heavy atom. The molecule has 0 spiro atoms. The summed E-state index contributed by atoms with van der Waals surface area (Å²) in [5.74, 6) is 0.339. The monoisotopic (exact) mass is 306 g/mol. The van der Waals surface area contributed by atoms with E-state index in [0.29, 0.717) is 5.75 Å². The summed E-state index contributed by atoms with van der Waals surface area (Å²) in [6.45, 7) is 2.89. The van der Waals surface area contributed by atoms with E-state index in [1.807, 2.05) is 17.7 Å². The van der Waals surface area contributed by atoms with Gasteiger partial charge in [-0.3, -0.25) is 4.79 Å². The van der Waals surface area contributed by atoms with E-state index >= 15 is 0 Å². The summed E-state index contributed by atoms with van der Waals surface area (Å²) >= 11 is 1.44. The van der Waals surface area contributed by atoms with Gasteiger partial charge < -0.3 is 9.47 Å². The fourth-order valence-electron chi connectivity index (χ4n) is 2.80. The van der Waals surface area contributed by atoms with Gasteiger partial charge in [0.2, 0.25) is 5.91 Å². The van der Waals surface area contributed by atoms with Crippen LogP contribution >= 0.6 is 11.8 Å². The number of aromatic nitrogens is 2. The van der Waals surface area contributed by atoms with Crippen LogP contribution in [0.25, 0.3) is 0 Å².